The van der Waals surface area contributed by atoms with Crippen LogP contribution in [0.2, 0.25) is 0 Å². The Kier molecular flexibility index (Phi) is 2.28. The quantitative estimate of drug-likeness (QED) is 0.679. The smallest absolute Gasteiger partial charge is 0.164 e. The molecule has 78 valence electrons. The van der Waals surface area contributed by atoms with E-state index in [9.17, 15) is 8.42 Å². The van der Waals surface area contributed by atoms with Gasteiger partial charge < -0.3 is 5.32 Å². The number of aromatic nitrogens is 3. The van der Waals surface area contributed by atoms with Gasteiger partial charge in [0.2, 0.25) is 0 Å². The van der Waals surface area contributed by atoms with Crippen molar-refractivity contribution >= 4 is 9.84 Å². The lowest BCUT2D eigenvalue weighted by molar-refractivity contribution is 0.504. The first-order chi connectivity index (χ1) is 6.55. The summed E-state index contributed by atoms with van der Waals surface area (Å²) in [5.74, 6) is 1.16. The van der Waals surface area contributed by atoms with Crippen molar-refractivity contribution in [3.8, 4) is 0 Å². The van der Waals surface area contributed by atoms with Crippen molar-refractivity contribution in [3.63, 3.8) is 0 Å². The second-order valence-corrected chi connectivity index (χ2v) is 5.64. The van der Waals surface area contributed by atoms with E-state index in [4.69, 9.17) is 0 Å². The first-order valence-corrected chi connectivity index (χ1v) is 6.16. The van der Waals surface area contributed by atoms with E-state index >= 15 is 0 Å². The van der Waals surface area contributed by atoms with Crippen LogP contribution in [-0.2, 0) is 23.4 Å². The van der Waals surface area contributed by atoms with Crippen molar-refractivity contribution in [1.29, 1.82) is 0 Å². The molecule has 0 saturated carbocycles. The van der Waals surface area contributed by atoms with Crippen LogP contribution in [0.3, 0.4) is 0 Å². The van der Waals surface area contributed by atoms with Gasteiger partial charge in [0.1, 0.15) is 6.33 Å². The maximum Gasteiger partial charge on any atom is 0.164 e. The molecule has 14 heavy (non-hydrogen) atoms. The van der Waals surface area contributed by atoms with Crippen molar-refractivity contribution in [2.45, 2.75) is 12.6 Å². The van der Waals surface area contributed by atoms with Gasteiger partial charge in [-0.3, -0.25) is 4.68 Å². The highest BCUT2D eigenvalue weighted by molar-refractivity contribution is 7.92. The Balaban J connectivity index is 1.79. The molecule has 0 radical (unpaired) electrons. The molecule has 0 unspecified atom stereocenters. The van der Waals surface area contributed by atoms with Gasteiger partial charge in [-0.25, -0.2) is 13.4 Å². The van der Waals surface area contributed by atoms with Crippen LogP contribution in [0.5, 0.6) is 0 Å². The summed E-state index contributed by atoms with van der Waals surface area (Å²) in [5, 5.41) is 7.16. The zero-order chi connectivity index (χ0) is 10.2. The molecule has 0 amide bonds. The molecule has 2 heterocycles. The van der Waals surface area contributed by atoms with Gasteiger partial charge in [-0.05, 0) is 0 Å². The number of nitrogens with zero attached hydrogens (tertiary/aromatic N) is 3. The highest BCUT2D eigenvalue weighted by Crippen LogP contribution is 2.10. The molecule has 1 fully saturated rings. The maximum atomic E-state index is 10.8. The normalized spacial score (nSPS) is 20.6. The Morgan fingerprint density at radius 3 is 2.86 bits per heavy atom. The minimum absolute atomic E-state index is 0.0730. The van der Waals surface area contributed by atoms with E-state index in [0.717, 1.165) is 0 Å². The summed E-state index contributed by atoms with van der Waals surface area (Å²) in [4.78, 5) is 4.02. The predicted molar refractivity (Wildman–Crippen MR) is 50.3 cm³/mol. The zero-order valence-electron chi connectivity index (χ0n) is 7.84. The Morgan fingerprint density at radius 2 is 2.36 bits per heavy atom. The number of sulfone groups is 1. The summed E-state index contributed by atoms with van der Waals surface area (Å²) in [6, 6.07) is 0.0730. The highest BCUT2D eigenvalue weighted by Gasteiger charge is 2.32. The number of nitrogens with one attached hydrogen (secondary N) is 1. The molecule has 1 aliphatic rings. The van der Waals surface area contributed by atoms with Crippen LogP contribution in [0.15, 0.2) is 6.33 Å². The molecule has 1 aromatic rings. The second kappa shape index (κ2) is 3.32. The second-order valence-electron chi connectivity index (χ2n) is 3.49. The van der Waals surface area contributed by atoms with Gasteiger partial charge in [-0.2, -0.15) is 5.10 Å². The Bertz CT molecular complexity index is 413. The maximum absolute atomic E-state index is 10.8. The number of hydrogen-bond donors (Lipinski definition) is 1. The summed E-state index contributed by atoms with van der Waals surface area (Å²) in [6.07, 6.45) is 1.62. The van der Waals surface area contributed by atoms with Crippen molar-refractivity contribution in [1.82, 2.24) is 20.1 Å². The van der Waals surface area contributed by atoms with E-state index in [1.54, 1.807) is 18.1 Å². The Labute approximate surface area is 82.3 Å². The topological polar surface area (TPSA) is 76.9 Å². The molecule has 1 N–H and O–H groups in total. The molecule has 0 aromatic carbocycles. The number of rotatable bonds is 3. The van der Waals surface area contributed by atoms with E-state index in [1.807, 2.05) is 0 Å². The average Bonchev–Trinajstić information content (AvgIpc) is 2.44. The first kappa shape index (κ1) is 9.60. The zero-order valence-corrected chi connectivity index (χ0v) is 8.66. The van der Waals surface area contributed by atoms with Crippen LogP contribution in [0.4, 0.5) is 0 Å². The third-order valence-corrected chi connectivity index (χ3v) is 3.93. The van der Waals surface area contributed by atoms with Crippen LogP contribution >= 0.6 is 0 Å². The number of aryl methyl sites for hydroxylation is 1. The summed E-state index contributed by atoms with van der Waals surface area (Å²) in [6.45, 7) is 0.529. The molecule has 0 atom stereocenters. The Hall–Kier alpha value is -0.950. The van der Waals surface area contributed by atoms with E-state index in [0.29, 0.717) is 12.4 Å². The first-order valence-electron chi connectivity index (χ1n) is 4.33. The molecular weight excluding hydrogens is 204 g/mol. The van der Waals surface area contributed by atoms with Crippen LogP contribution in [-0.4, -0.2) is 40.7 Å². The van der Waals surface area contributed by atoms with E-state index in [-0.39, 0.29) is 17.5 Å². The van der Waals surface area contributed by atoms with Gasteiger partial charge in [0, 0.05) is 13.1 Å². The summed E-state index contributed by atoms with van der Waals surface area (Å²) < 4.78 is 23.3. The largest absolute Gasteiger partial charge is 0.305 e. The lowest BCUT2D eigenvalue weighted by Gasteiger charge is -2.26. The molecule has 1 aromatic heterocycles. The predicted octanol–water partition coefficient (Wildman–Crippen LogP) is -1.30. The lowest BCUT2D eigenvalue weighted by atomic mass is 10.3. The van der Waals surface area contributed by atoms with Crippen LogP contribution in [0.1, 0.15) is 5.82 Å². The average molecular weight is 216 g/mol. The molecule has 1 aliphatic heterocycles. The van der Waals surface area contributed by atoms with Crippen molar-refractivity contribution in [2.75, 3.05) is 11.5 Å². The third kappa shape index (κ3) is 2.10. The molecule has 2 rings (SSSR count). The fourth-order valence-electron chi connectivity index (χ4n) is 1.38. The molecule has 6 nitrogen and oxygen atoms in total. The van der Waals surface area contributed by atoms with Gasteiger partial charge in [-0.15, -0.1) is 0 Å². The van der Waals surface area contributed by atoms with Gasteiger partial charge in [0.15, 0.2) is 15.7 Å². The van der Waals surface area contributed by atoms with Gasteiger partial charge >= 0.3 is 0 Å². The van der Waals surface area contributed by atoms with Crippen LogP contribution in [0.25, 0.3) is 0 Å². The number of hydrogen-bond acceptors (Lipinski definition) is 5. The van der Waals surface area contributed by atoms with E-state index in [1.165, 1.54) is 0 Å². The Morgan fingerprint density at radius 1 is 1.64 bits per heavy atom. The lowest BCUT2D eigenvalue weighted by Crippen LogP contribution is -2.50. The highest BCUT2D eigenvalue weighted by atomic mass is 32.2. The van der Waals surface area contributed by atoms with E-state index < -0.39 is 9.84 Å². The molecule has 0 bridgehead atoms. The molecule has 0 spiro atoms. The fourth-order valence-corrected chi connectivity index (χ4v) is 2.75. The van der Waals surface area contributed by atoms with E-state index in [2.05, 4.69) is 15.4 Å². The van der Waals surface area contributed by atoms with Crippen LogP contribution < -0.4 is 5.32 Å². The van der Waals surface area contributed by atoms with Crippen LogP contribution in [0, 0.1) is 0 Å². The minimum atomic E-state index is -2.74. The monoisotopic (exact) mass is 216 g/mol. The standard InChI is InChI=1S/C7H12N4O2S/c1-11-5-9-7(10-11)2-8-6-3-14(12,13)4-6/h5-6,8H,2-4H2,1H3. The molecular formula is C7H12N4O2S. The molecule has 1 saturated heterocycles. The fraction of sp³-hybridized carbons (Fsp3) is 0.714. The van der Waals surface area contributed by atoms with Crippen molar-refractivity contribution < 1.29 is 8.42 Å². The summed E-state index contributed by atoms with van der Waals surface area (Å²) in [7, 11) is -0.942. The third-order valence-electron chi connectivity index (χ3n) is 2.11. The molecule has 0 aliphatic carbocycles. The van der Waals surface area contributed by atoms with Gasteiger partial charge in [0.25, 0.3) is 0 Å². The van der Waals surface area contributed by atoms with Gasteiger partial charge in [0.05, 0.1) is 18.1 Å². The summed E-state index contributed by atoms with van der Waals surface area (Å²) in [5.41, 5.74) is 0. The summed E-state index contributed by atoms with van der Waals surface area (Å²) >= 11 is 0. The molecule has 7 heteroatoms. The minimum Gasteiger partial charge on any atom is -0.305 e. The van der Waals surface area contributed by atoms with Gasteiger partial charge in [-0.1, -0.05) is 0 Å². The van der Waals surface area contributed by atoms with Crippen molar-refractivity contribution in [3.05, 3.63) is 12.2 Å². The van der Waals surface area contributed by atoms with Crippen molar-refractivity contribution in [2.24, 2.45) is 7.05 Å². The SMILES string of the molecule is Cn1cnc(CNC2CS(=O)(=O)C2)n1.